The third-order valence-corrected chi connectivity index (χ3v) is 9.26. The van der Waals surface area contributed by atoms with Crippen LogP contribution >= 0.6 is 23.2 Å². The van der Waals surface area contributed by atoms with E-state index in [-0.39, 0.29) is 30.1 Å². The molecule has 5 rings (SSSR count). The Hall–Kier alpha value is -3.40. The number of hydrogen-bond donors (Lipinski definition) is 1. The molecule has 3 aromatic carbocycles. The van der Waals surface area contributed by atoms with Crippen molar-refractivity contribution in [1.29, 1.82) is 0 Å². The van der Waals surface area contributed by atoms with Crippen LogP contribution in [0.5, 0.6) is 5.75 Å². The molecule has 2 aliphatic heterocycles. The number of benzene rings is 3. The van der Waals surface area contributed by atoms with Gasteiger partial charge in [0, 0.05) is 51.1 Å². The molecule has 11 heteroatoms. The molecular formula is C32H33Cl2F2N3O4. The smallest absolute Gasteiger partial charge is 0.414 e. The topological polar surface area (TPSA) is 71.1 Å². The fourth-order valence-corrected chi connectivity index (χ4v) is 6.30. The van der Waals surface area contributed by atoms with Gasteiger partial charge in [0.05, 0.1) is 28.8 Å². The fraction of sp³-hybridized carbons (Fsp3) is 0.375. The Balaban J connectivity index is 1.31. The molecule has 43 heavy (non-hydrogen) atoms. The second-order valence-electron chi connectivity index (χ2n) is 11.1. The molecule has 3 aromatic rings. The van der Waals surface area contributed by atoms with Crippen LogP contribution in [0.1, 0.15) is 48.8 Å². The van der Waals surface area contributed by atoms with Crippen LogP contribution in [0.2, 0.25) is 10.0 Å². The van der Waals surface area contributed by atoms with Crippen molar-refractivity contribution in [3.05, 3.63) is 93.0 Å². The predicted octanol–water partition coefficient (Wildman–Crippen LogP) is 7.04. The van der Waals surface area contributed by atoms with Gasteiger partial charge >= 0.3 is 6.09 Å². The number of anilines is 1. The van der Waals surface area contributed by atoms with Crippen molar-refractivity contribution in [3.8, 4) is 5.75 Å². The standard InChI is InChI=1S/C32H33Cl2F2N3O4/c1-19(39-12-10-32(11-13-39)24-17-22(35)6-8-28(24)38(2)31(41)43-32)14-23(21-5-7-25(33)26(34)16-21)30(40)37-18-20-4-9-29(42-3)27(36)15-20/h4-9,15-17,19,23H,10-14,18H2,1-3H3,(H,37,40). The minimum atomic E-state index is -0.911. The first-order chi connectivity index (χ1) is 20.5. The van der Waals surface area contributed by atoms with Crippen molar-refractivity contribution in [1.82, 2.24) is 10.2 Å². The number of amides is 2. The number of ether oxygens (including phenoxy) is 2. The maximum atomic E-state index is 14.3. The number of nitrogens with zero attached hydrogens (tertiary/aromatic N) is 2. The molecule has 0 aromatic heterocycles. The van der Waals surface area contributed by atoms with E-state index in [1.54, 1.807) is 37.4 Å². The zero-order valence-corrected chi connectivity index (χ0v) is 25.6. The Morgan fingerprint density at radius 2 is 1.81 bits per heavy atom. The number of halogens is 4. The summed E-state index contributed by atoms with van der Waals surface area (Å²) in [6.07, 6.45) is 0.968. The van der Waals surface area contributed by atoms with Crippen LogP contribution in [0.25, 0.3) is 0 Å². The highest BCUT2D eigenvalue weighted by atomic mass is 35.5. The normalized spacial score (nSPS) is 17.7. The minimum Gasteiger partial charge on any atom is -0.494 e. The lowest BCUT2D eigenvalue weighted by atomic mass is 9.81. The molecule has 1 N–H and O–H groups in total. The second-order valence-corrected chi connectivity index (χ2v) is 11.9. The third kappa shape index (κ3) is 6.44. The summed E-state index contributed by atoms with van der Waals surface area (Å²) in [5, 5.41) is 3.67. The maximum absolute atomic E-state index is 14.3. The molecule has 2 amide bonds. The van der Waals surface area contributed by atoms with E-state index in [2.05, 4.69) is 10.2 Å². The number of rotatable bonds is 8. The Morgan fingerprint density at radius 3 is 2.49 bits per heavy atom. The van der Waals surface area contributed by atoms with Gasteiger partial charge in [-0.15, -0.1) is 0 Å². The lowest BCUT2D eigenvalue weighted by molar-refractivity contribution is -0.123. The van der Waals surface area contributed by atoms with Crippen molar-refractivity contribution in [3.63, 3.8) is 0 Å². The van der Waals surface area contributed by atoms with Crippen LogP contribution < -0.4 is 15.0 Å². The van der Waals surface area contributed by atoms with Crippen molar-refractivity contribution in [2.45, 2.75) is 50.3 Å². The molecule has 0 bridgehead atoms. The maximum Gasteiger partial charge on any atom is 0.414 e. The Morgan fingerprint density at radius 1 is 1.07 bits per heavy atom. The zero-order chi connectivity index (χ0) is 30.9. The molecule has 228 valence electrons. The van der Waals surface area contributed by atoms with Crippen molar-refractivity contribution in [2.24, 2.45) is 0 Å². The highest BCUT2D eigenvalue weighted by Gasteiger charge is 2.47. The first-order valence-electron chi connectivity index (χ1n) is 14.1. The fourth-order valence-electron chi connectivity index (χ4n) is 6.00. The van der Waals surface area contributed by atoms with Gasteiger partial charge in [0.15, 0.2) is 11.6 Å². The lowest BCUT2D eigenvalue weighted by Gasteiger charge is -2.47. The number of carbonyl (C=O) groups excluding carboxylic acids is 2. The van der Waals surface area contributed by atoms with Crippen LogP contribution in [-0.4, -0.2) is 50.2 Å². The highest BCUT2D eigenvalue weighted by molar-refractivity contribution is 6.42. The summed E-state index contributed by atoms with van der Waals surface area (Å²) in [6.45, 7) is 3.33. The van der Waals surface area contributed by atoms with Gasteiger partial charge in [0.25, 0.3) is 0 Å². The number of piperidine rings is 1. The summed E-state index contributed by atoms with van der Waals surface area (Å²) in [5.41, 5.74) is 1.71. The second kappa shape index (κ2) is 12.7. The van der Waals surface area contributed by atoms with Gasteiger partial charge in [-0.05, 0) is 66.9 Å². The van der Waals surface area contributed by atoms with E-state index in [1.807, 2.05) is 6.92 Å². The minimum absolute atomic E-state index is 0.0464. The number of methoxy groups -OCH3 is 1. The van der Waals surface area contributed by atoms with Gasteiger partial charge in [-0.3, -0.25) is 9.69 Å². The van der Waals surface area contributed by atoms with E-state index in [4.69, 9.17) is 32.7 Å². The summed E-state index contributed by atoms with van der Waals surface area (Å²) in [5.74, 6) is -1.56. The van der Waals surface area contributed by atoms with Crippen molar-refractivity contribution in [2.75, 3.05) is 32.1 Å². The molecule has 1 fully saturated rings. The lowest BCUT2D eigenvalue weighted by Crippen LogP contribution is -2.52. The van der Waals surface area contributed by atoms with Gasteiger partial charge in [0.1, 0.15) is 11.4 Å². The van der Waals surface area contributed by atoms with E-state index in [0.29, 0.717) is 64.8 Å². The molecule has 2 aliphatic rings. The van der Waals surface area contributed by atoms with Gasteiger partial charge in [-0.2, -0.15) is 0 Å². The quantitative estimate of drug-likeness (QED) is 0.289. The summed E-state index contributed by atoms with van der Waals surface area (Å²) < 4.78 is 39.4. The molecule has 2 unspecified atom stereocenters. The number of carbonyl (C=O) groups is 2. The molecule has 0 radical (unpaired) electrons. The first kappa shape index (κ1) is 31.0. The number of likely N-dealkylation sites (tertiary alicyclic amines) is 1. The number of hydrogen-bond acceptors (Lipinski definition) is 5. The van der Waals surface area contributed by atoms with Crippen LogP contribution in [0.3, 0.4) is 0 Å². The largest absolute Gasteiger partial charge is 0.494 e. The van der Waals surface area contributed by atoms with Crippen LogP contribution in [0.15, 0.2) is 54.6 Å². The molecule has 7 nitrogen and oxygen atoms in total. The Kier molecular flexibility index (Phi) is 9.15. The van der Waals surface area contributed by atoms with Crippen molar-refractivity contribution >= 4 is 40.9 Å². The van der Waals surface area contributed by atoms with Crippen LogP contribution in [0, 0.1) is 11.6 Å². The summed E-state index contributed by atoms with van der Waals surface area (Å²) in [7, 11) is 3.01. The SMILES string of the molecule is COc1ccc(CNC(=O)C(CC(C)N2CCC3(CC2)OC(=O)N(C)c2ccc(F)cc23)c2ccc(Cl)c(Cl)c2)cc1F. The van der Waals surface area contributed by atoms with Crippen LogP contribution in [-0.2, 0) is 21.7 Å². The molecule has 2 heterocycles. The van der Waals surface area contributed by atoms with E-state index < -0.39 is 23.4 Å². The van der Waals surface area contributed by atoms with E-state index >= 15 is 0 Å². The van der Waals surface area contributed by atoms with Crippen LogP contribution in [0.4, 0.5) is 19.3 Å². The van der Waals surface area contributed by atoms with Crippen molar-refractivity contribution < 1.29 is 27.8 Å². The summed E-state index contributed by atoms with van der Waals surface area (Å²) in [6, 6.07) is 14.1. The number of fused-ring (bicyclic) bond motifs is 2. The zero-order valence-electron chi connectivity index (χ0n) is 24.1. The third-order valence-electron chi connectivity index (χ3n) is 8.52. The van der Waals surface area contributed by atoms with Gasteiger partial charge in [-0.1, -0.05) is 35.3 Å². The summed E-state index contributed by atoms with van der Waals surface area (Å²) >= 11 is 12.5. The van der Waals surface area contributed by atoms with Gasteiger partial charge < -0.3 is 19.7 Å². The van der Waals surface area contributed by atoms with Gasteiger partial charge in [0.2, 0.25) is 5.91 Å². The highest BCUT2D eigenvalue weighted by Crippen LogP contribution is 2.46. The van der Waals surface area contributed by atoms with Gasteiger partial charge in [-0.25, -0.2) is 13.6 Å². The Bertz CT molecular complexity index is 1530. The average Bonchev–Trinajstić information content (AvgIpc) is 2.99. The van der Waals surface area contributed by atoms with E-state index in [0.717, 1.165) is 0 Å². The molecular weight excluding hydrogens is 599 g/mol. The molecule has 1 spiro atoms. The Labute approximate surface area is 259 Å². The predicted molar refractivity (Wildman–Crippen MR) is 162 cm³/mol. The molecule has 0 aliphatic carbocycles. The van der Waals surface area contributed by atoms with E-state index in [1.165, 1.54) is 36.3 Å². The molecule has 1 saturated heterocycles. The monoisotopic (exact) mass is 631 g/mol. The number of nitrogens with one attached hydrogen (secondary N) is 1. The average molecular weight is 633 g/mol. The first-order valence-corrected chi connectivity index (χ1v) is 14.8. The molecule has 2 atom stereocenters. The summed E-state index contributed by atoms with van der Waals surface area (Å²) in [4.78, 5) is 29.9. The van der Waals surface area contributed by atoms with E-state index in [9.17, 15) is 18.4 Å². The molecule has 0 saturated carbocycles.